The molecule has 0 aliphatic heterocycles. The average molecular weight is 498 g/mol. The van der Waals surface area contributed by atoms with Gasteiger partial charge in [-0.25, -0.2) is 4.98 Å². The molecule has 36 heavy (non-hydrogen) atoms. The lowest BCUT2D eigenvalue weighted by molar-refractivity contribution is 0.0164. The van der Waals surface area contributed by atoms with Crippen molar-refractivity contribution in [3.8, 4) is 11.1 Å². The number of imidazole rings is 1. The van der Waals surface area contributed by atoms with Crippen LogP contribution >= 0.6 is 11.6 Å². The molecule has 0 bridgehead atoms. The highest BCUT2D eigenvalue weighted by atomic mass is 35.5. The molecule has 3 aromatic carbocycles. The number of aldehydes is 1. The summed E-state index contributed by atoms with van der Waals surface area (Å²) in [5, 5.41) is 1.44. The Morgan fingerprint density at radius 2 is 1.83 bits per heavy atom. The lowest BCUT2D eigenvalue weighted by Gasteiger charge is -2.35. The van der Waals surface area contributed by atoms with Gasteiger partial charge >= 0.3 is 0 Å². The number of nitrogens with zero attached hydrogens (tertiary/aromatic N) is 2. The average Bonchev–Trinajstić information content (AvgIpc) is 3.32. The SMILES string of the molecule is CCOC(c1ccc(C=O)cc1)(c1ccc2[nH]c(=O)cc(-c3cccc(Cl)c3)c2c1)c1cncn1C. The molecule has 180 valence electrons. The number of H-pyrrole nitrogens is 1. The van der Waals surface area contributed by atoms with Crippen molar-refractivity contribution in [3.63, 3.8) is 0 Å². The van der Waals surface area contributed by atoms with Crippen LogP contribution < -0.4 is 5.56 Å². The Kier molecular flexibility index (Phi) is 6.31. The Labute approximate surface area is 213 Å². The second-order valence-corrected chi connectivity index (χ2v) is 9.00. The first kappa shape index (κ1) is 23.7. The van der Waals surface area contributed by atoms with E-state index in [1.165, 1.54) is 0 Å². The number of carbonyl (C=O) groups is 1. The molecule has 1 unspecified atom stereocenters. The predicted octanol–water partition coefficient (Wildman–Crippen LogP) is 5.72. The van der Waals surface area contributed by atoms with Crippen LogP contribution in [0.1, 0.15) is 34.1 Å². The van der Waals surface area contributed by atoms with E-state index in [2.05, 4.69) is 9.97 Å². The Morgan fingerprint density at radius 1 is 1.06 bits per heavy atom. The van der Waals surface area contributed by atoms with E-state index in [-0.39, 0.29) is 5.56 Å². The number of aromatic amines is 1. The van der Waals surface area contributed by atoms with Gasteiger partial charge in [-0.15, -0.1) is 0 Å². The zero-order valence-corrected chi connectivity index (χ0v) is 20.6. The number of rotatable bonds is 7. The van der Waals surface area contributed by atoms with E-state index in [0.29, 0.717) is 22.7 Å². The Balaban J connectivity index is 1.84. The lowest BCUT2D eigenvalue weighted by Crippen LogP contribution is -2.35. The third kappa shape index (κ3) is 4.04. The number of aromatic nitrogens is 3. The first-order valence-corrected chi connectivity index (χ1v) is 11.9. The fourth-order valence-corrected chi connectivity index (χ4v) is 4.97. The molecule has 2 heterocycles. The van der Waals surface area contributed by atoms with Crippen molar-refractivity contribution in [2.45, 2.75) is 12.5 Å². The van der Waals surface area contributed by atoms with Gasteiger partial charge in [0, 0.05) is 41.2 Å². The van der Waals surface area contributed by atoms with Crippen LogP contribution in [-0.2, 0) is 17.4 Å². The summed E-state index contributed by atoms with van der Waals surface area (Å²) in [6.07, 6.45) is 4.34. The van der Waals surface area contributed by atoms with E-state index in [4.69, 9.17) is 16.3 Å². The van der Waals surface area contributed by atoms with Gasteiger partial charge in [0.15, 0.2) is 5.60 Å². The zero-order chi connectivity index (χ0) is 25.3. The van der Waals surface area contributed by atoms with Crippen molar-refractivity contribution < 1.29 is 9.53 Å². The van der Waals surface area contributed by atoms with Crippen molar-refractivity contribution in [1.29, 1.82) is 0 Å². The number of nitrogens with one attached hydrogen (secondary N) is 1. The van der Waals surface area contributed by atoms with E-state index in [1.807, 2.05) is 67.1 Å². The van der Waals surface area contributed by atoms with Gasteiger partial charge in [0.1, 0.15) is 6.29 Å². The standard InChI is InChI=1S/C29H24ClN3O3/c1-3-36-29(27-16-31-18-33(27)2,21-9-7-19(17-34)8-10-21)22-11-12-26-25(14-22)24(15-28(35)32-26)20-5-4-6-23(30)13-20/h4-18H,3H2,1-2H3,(H,32,35). The van der Waals surface area contributed by atoms with E-state index in [9.17, 15) is 9.59 Å². The molecule has 1 atom stereocenters. The minimum absolute atomic E-state index is 0.197. The molecular weight excluding hydrogens is 474 g/mol. The van der Waals surface area contributed by atoms with Crippen LogP contribution in [0.5, 0.6) is 0 Å². The monoisotopic (exact) mass is 497 g/mol. The number of ether oxygens (including phenoxy) is 1. The first-order chi connectivity index (χ1) is 17.5. The largest absolute Gasteiger partial charge is 0.360 e. The van der Waals surface area contributed by atoms with Gasteiger partial charge in [-0.3, -0.25) is 9.59 Å². The van der Waals surface area contributed by atoms with Crippen LogP contribution in [-0.4, -0.2) is 27.4 Å². The zero-order valence-electron chi connectivity index (χ0n) is 19.9. The van der Waals surface area contributed by atoms with Gasteiger partial charge in [-0.2, -0.15) is 0 Å². The predicted molar refractivity (Wildman–Crippen MR) is 142 cm³/mol. The summed E-state index contributed by atoms with van der Waals surface area (Å²) in [6, 6.07) is 22.3. The number of fused-ring (bicyclic) bond motifs is 1. The molecule has 0 radical (unpaired) electrons. The summed E-state index contributed by atoms with van der Waals surface area (Å²) in [7, 11) is 1.92. The molecule has 7 heteroatoms. The summed E-state index contributed by atoms with van der Waals surface area (Å²) in [6.45, 7) is 2.37. The van der Waals surface area contributed by atoms with E-state index < -0.39 is 5.60 Å². The fraction of sp³-hybridized carbons (Fsp3) is 0.138. The Morgan fingerprint density at radius 3 is 2.50 bits per heavy atom. The van der Waals surface area contributed by atoms with Crippen molar-refractivity contribution in [2.75, 3.05) is 6.61 Å². The Hall–Kier alpha value is -4.00. The molecule has 1 N–H and O–H groups in total. The van der Waals surface area contributed by atoms with Gasteiger partial charge in [0.25, 0.3) is 0 Å². The van der Waals surface area contributed by atoms with Crippen molar-refractivity contribution in [2.24, 2.45) is 7.05 Å². The van der Waals surface area contributed by atoms with E-state index in [0.717, 1.165) is 39.6 Å². The second kappa shape index (κ2) is 9.57. The quantitative estimate of drug-likeness (QED) is 0.292. The first-order valence-electron chi connectivity index (χ1n) is 11.6. The highest BCUT2D eigenvalue weighted by Crippen LogP contribution is 2.42. The number of pyridine rings is 1. The van der Waals surface area contributed by atoms with Gasteiger partial charge in [0.05, 0.1) is 18.2 Å². The number of carbonyl (C=O) groups excluding carboxylic acids is 1. The normalized spacial score (nSPS) is 13.0. The maximum absolute atomic E-state index is 12.5. The topological polar surface area (TPSA) is 77.0 Å². The smallest absolute Gasteiger partial charge is 0.249 e. The summed E-state index contributed by atoms with van der Waals surface area (Å²) in [4.78, 5) is 31.1. The molecule has 0 aliphatic carbocycles. The van der Waals surface area contributed by atoms with Gasteiger partial charge in [0.2, 0.25) is 5.56 Å². The molecular formula is C29H24ClN3O3. The van der Waals surface area contributed by atoms with Crippen molar-refractivity contribution in [1.82, 2.24) is 14.5 Å². The van der Waals surface area contributed by atoms with Crippen LogP contribution in [0.4, 0.5) is 0 Å². The van der Waals surface area contributed by atoms with Crippen molar-refractivity contribution >= 4 is 28.8 Å². The number of halogens is 1. The minimum atomic E-state index is -1.02. The summed E-state index contributed by atoms with van der Waals surface area (Å²) >= 11 is 6.28. The van der Waals surface area contributed by atoms with Crippen LogP contribution in [0.2, 0.25) is 5.02 Å². The van der Waals surface area contributed by atoms with Crippen LogP contribution in [0.3, 0.4) is 0 Å². The third-order valence-electron chi connectivity index (χ3n) is 6.38. The molecule has 2 aromatic heterocycles. The summed E-state index contributed by atoms with van der Waals surface area (Å²) in [5.41, 5.74) is 4.21. The molecule has 0 saturated carbocycles. The molecule has 0 saturated heterocycles. The third-order valence-corrected chi connectivity index (χ3v) is 6.61. The van der Waals surface area contributed by atoms with Crippen LogP contribution in [0.25, 0.3) is 22.0 Å². The van der Waals surface area contributed by atoms with E-state index in [1.54, 1.807) is 36.8 Å². The fourth-order valence-electron chi connectivity index (χ4n) is 4.78. The number of hydrogen-bond acceptors (Lipinski definition) is 4. The highest BCUT2D eigenvalue weighted by Gasteiger charge is 2.40. The number of aryl methyl sites for hydroxylation is 1. The summed E-state index contributed by atoms with van der Waals surface area (Å²) < 4.78 is 8.52. The molecule has 0 amide bonds. The van der Waals surface area contributed by atoms with Gasteiger partial charge < -0.3 is 14.3 Å². The maximum atomic E-state index is 12.5. The molecule has 0 aliphatic rings. The van der Waals surface area contributed by atoms with Crippen LogP contribution in [0.15, 0.2) is 90.1 Å². The summed E-state index contributed by atoms with van der Waals surface area (Å²) in [5.74, 6) is 0. The number of benzene rings is 3. The lowest BCUT2D eigenvalue weighted by atomic mass is 9.81. The molecule has 0 fully saturated rings. The molecule has 5 aromatic rings. The highest BCUT2D eigenvalue weighted by molar-refractivity contribution is 6.30. The number of hydrogen-bond donors (Lipinski definition) is 1. The molecule has 0 spiro atoms. The Bertz CT molecular complexity index is 1620. The minimum Gasteiger partial charge on any atom is -0.360 e. The maximum Gasteiger partial charge on any atom is 0.249 e. The molecule has 6 nitrogen and oxygen atoms in total. The van der Waals surface area contributed by atoms with Crippen molar-refractivity contribution in [3.05, 3.63) is 123 Å². The molecule has 5 rings (SSSR count). The van der Waals surface area contributed by atoms with Gasteiger partial charge in [-0.1, -0.05) is 54.1 Å². The van der Waals surface area contributed by atoms with Gasteiger partial charge in [-0.05, 0) is 53.4 Å². The van der Waals surface area contributed by atoms with E-state index >= 15 is 0 Å². The van der Waals surface area contributed by atoms with Crippen LogP contribution in [0, 0.1) is 0 Å². The second-order valence-electron chi connectivity index (χ2n) is 8.56.